The minimum atomic E-state index is -4.53. The Labute approximate surface area is 217 Å². The molecule has 1 saturated heterocycles. The minimum absolute atomic E-state index is 0.380. The van der Waals surface area contributed by atoms with Gasteiger partial charge in [0.05, 0.1) is 4.92 Å². The normalized spacial score (nSPS) is 17.8. The summed E-state index contributed by atoms with van der Waals surface area (Å²) in [5.41, 5.74) is -2.37. The van der Waals surface area contributed by atoms with Crippen molar-refractivity contribution in [3.8, 4) is 0 Å². The molecule has 2 aromatic rings. The molecule has 1 fully saturated rings. The molecule has 0 aromatic heterocycles. The third kappa shape index (κ3) is 5.96. The summed E-state index contributed by atoms with van der Waals surface area (Å²) in [5, 5.41) is 11.4. The molecule has 0 saturated carbocycles. The number of hydrogen-bond acceptors (Lipinski definition) is 7. The number of carbonyl (C=O) groups excluding carboxylic acids is 2. The second-order valence-corrected chi connectivity index (χ2v) is 11.5. The lowest BCUT2D eigenvalue weighted by atomic mass is 10.0. The van der Waals surface area contributed by atoms with Gasteiger partial charge in [-0.1, -0.05) is 12.1 Å². The summed E-state index contributed by atoms with van der Waals surface area (Å²) >= 11 is 0. The van der Waals surface area contributed by atoms with Crippen LogP contribution >= 0.6 is 0 Å². The number of hydrogen-bond donors (Lipinski definition) is 0. The van der Waals surface area contributed by atoms with Crippen LogP contribution in [0.1, 0.15) is 33.3 Å². The van der Waals surface area contributed by atoms with Crippen LogP contribution in [0.25, 0.3) is 0 Å². The summed E-state index contributed by atoms with van der Waals surface area (Å²) in [6.45, 7) is 5.09. The van der Waals surface area contributed by atoms with Crippen molar-refractivity contribution >= 4 is 27.6 Å². The Balaban J connectivity index is 1.98. The molecular weight excluding hydrogens is 531 g/mol. The van der Waals surface area contributed by atoms with Gasteiger partial charge in [-0.25, -0.2) is 26.4 Å². The number of nitrogens with zero attached hydrogens (tertiary/aromatic N) is 3. The van der Waals surface area contributed by atoms with E-state index in [0.29, 0.717) is 12.1 Å². The molecule has 14 heteroatoms. The number of ether oxygens (including phenoxy) is 1. The van der Waals surface area contributed by atoms with Crippen molar-refractivity contribution in [3.05, 3.63) is 69.5 Å². The van der Waals surface area contributed by atoms with Gasteiger partial charge < -0.3 is 9.64 Å². The number of rotatable bonds is 7. The Bertz CT molecular complexity index is 1360. The Hall–Kier alpha value is -3.52. The predicted molar refractivity (Wildman–Crippen MR) is 128 cm³/mol. The lowest BCUT2D eigenvalue weighted by Gasteiger charge is -2.41. The number of esters is 1. The van der Waals surface area contributed by atoms with Gasteiger partial charge in [0.1, 0.15) is 35.1 Å². The fourth-order valence-corrected chi connectivity index (χ4v) is 5.85. The van der Waals surface area contributed by atoms with Crippen molar-refractivity contribution in [1.29, 1.82) is 0 Å². The van der Waals surface area contributed by atoms with E-state index in [0.717, 1.165) is 21.3 Å². The number of piperazine rings is 1. The molecule has 3 rings (SSSR count). The lowest BCUT2D eigenvalue weighted by Crippen LogP contribution is -2.62. The van der Waals surface area contributed by atoms with E-state index in [1.165, 1.54) is 19.1 Å². The number of carbonyl (C=O) groups is 2. The summed E-state index contributed by atoms with van der Waals surface area (Å²) < 4.78 is 75.0. The van der Waals surface area contributed by atoms with Gasteiger partial charge in [0.15, 0.2) is 4.90 Å². The highest BCUT2D eigenvalue weighted by Gasteiger charge is 2.45. The molecule has 0 spiro atoms. The van der Waals surface area contributed by atoms with Crippen LogP contribution in [0, 0.1) is 27.6 Å². The molecule has 1 heterocycles. The number of nitro groups is 1. The zero-order valence-corrected chi connectivity index (χ0v) is 21.8. The number of benzene rings is 2. The third-order valence-electron chi connectivity index (χ3n) is 5.84. The van der Waals surface area contributed by atoms with Crippen LogP contribution in [-0.4, -0.2) is 65.2 Å². The van der Waals surface area contributed by atoms with E-state index in [-0.39, 0.29) is 6.54 Å². The number of halogens is 3. The second kappa shape index (κ2) is 10.7. The molecule has 0 aliphatic carbocycles. The van der Waals surface area contributed by atoms with Gasteiger partial charge in [-0.3, -0.25) is 14.9 Å². The summed E-state index contributed by atoms with van der Waals surface area (Å²) in [7, 11) is -4.53. The van der Waals surface area contributed by atoms with Crippen LogP contribution in [0.5, 0.6) is 0 Å². The van der Waals surface area contributed by atoms with Crippen LogP contribution in [0.2, 0.25) is 0 Å². The van der Waals surface area contributed by atoms with E-state index in [4.69, 9.17) is 4.74 Å². The summed E-state index contributed by atoms with van der Waals surface area (Å²) in [6.07, 6.45) is -0.706. The molecule has 1 aliphatic rings. The molecule has 1 aliphatic heterocycles. The maximum Gasteiger partial charge on any atom is 0.329 e. The van der Waals surface area contributed by atoms with Gasteiger partial charge in [0.2, 0.25) is 5.91 Å². The standard InChI is InChI=1S/C24H26F3N3O7S/c1-14-22(31)28(9-10-29(14)38(35,36)21-8-6-5-7-19(21)30(33)34)20(23(32)37-24(2,3)4)13-16-17(26)11-15(25)12-18(16)27/h5-8,11-12,14,20H,9-10,13H2,1-4H3/t14-,20-/m0/s1. The first-order valence-electron chi connectivity index (χ1n) is 11.5. The van der Waals surface area contributed by atoms with Gasteiger partial charge in [0, 0.05) is 43.3 Å². The summed E-state index contributed by atoms with van der Waals surface area (Å²) in [6, 6.07) is 2.52. The molecule has 206 valence electrons. The lowest BCUT2D eigenvalue weighted by molar-refractivity contribution is -0.387. The van der Waals surface area contributed by atoms with Crippen molar-refractivity contribution in [2.75, 3.05) is 13.1 Å². The average molecular weight is 558 g/mol. The maximum atomic E-state index is 14.4. The number of nitro benzene ring substituents is 1. The maximum absolute atomic E-state index is 14.4. The molecule has 38 heavy (non-hydrogen) atoms. The number of para-hydroxylation sites is 1. The van der Waals surface area contributed by atoms with Gasteiger partial charge in [-0.15, -0.1) is 0 Å². The molecule has 0 N–H and O–H groups in total. The van der Waals surface area contributed by atoms with Gasteiger partial charge in [0.25, 0.3) is 15.7 Å². The topological polar surface area (TPSA) is 127 Å². The van der Waals surface area contributed by atoms with E-state index in [9.17, 15) is 41.3 Å². The van der Waals surface area contributed by atoms with Gasteiger partial charge >= 0.3 is 5.97 Å². The first-order chi connectivity index (χ1) is 17.5. The minimum Gasteiger partial charge on any atom is -0.458 e. The fraction of sp³-hybridized carbons (Fsp3) is 0.417. The molecule has 0 bridgehead atoms. The zero-order chi connectivity index (χ0) is 28.6. The Kier molecular flexibility index (Phi) is 8.17. The smallest absolute Gasteiger partial charge is 0.329 e. The van der Waals surface area contributed by atoms with Crippen molar-refractivity contribution in [2.45, 2.75) is 56.7 Å². The first-order valence-corrected chi connectivity index (χ1v) is 12.9. The zero-order valence-electron chi connectivity index (χ0n) is 21.0. The van der Waals surface area contributed by atoms with Gasteiger partial charge in [-0.05, 0) is 33.8 Å². The van der Waals surface area contributed by atoms with E-state index >= 15 is 0 Å². The van der Waals surface area contributed by atoms with Crippen LogP contribution < -0.4 is 0 Å². The largest absolute Gasteiger partial charge is 0.458 e. The molecule has 0 unspecified atom stereocenters. The third-order valence-corrected chi connectivity index (χ3v) is 7.86. The molecule has 2 aromatic carbocycles. The summed E-state index contributed by atoms with van der Waals surface area (Å²) in [5.74, 6) is -5.60. The summed E-state index contributed by atoms with van der Waals surface area (Å²) in [4.78, 5) is 37.3. The van der Waals surface area contributed by atoms with Crippen LogP contribution in [-0.2, 0) is 30.8 Å². The molecule has 0 radical (unpaired) electrons. The van der Waals surface area contributed by atoms with E-state index < -0.39 is 91.1 Å². The number of amides is 1. The Morgan fingerprint density at radius 2 is 1.74 bits per heavy atom. The van der Waals surface area contributed by atoms with E-state index in [1.807, 2.05) is 0 Å². The second-order valence-electron chi connectivity index (χ2n) is 9.65. The average Bonchev–Trinajstić information content (AvgIpc) is 2.79. The highest BCUT2D eigenvalue weighted by atomic mass is 32.2. The van der Waals surface area contributed by atoms with Gasteiger partial charge in [-0.2, -0.15) is 4.31 Å². The van der Waals surface area contributed by atoms with E-state index in [2.05, 4.69) is 0 Å². The fourth-order valence-electron chi connectivity index (χ4n) is 4.11. The highest BCUT2D eigenvalue weighted by molar-refractivity contribution is 7.89. The van der Waals surface area contributed by atoms with Crippen LogP contribution in [0.4, 0.5) is 18.9 Å². The number of sulfonamides is 1. The molecule has 10 nitrogen and oxygen atoms in total. The predicted octanol–water partition coefficient (Wildman–Crippen LogP) is 3.19. The monoisotopic (exact) mass is 557 g/mol. The highest BCUT2D eigenvalue weighted by Crippen LogP contribution is 2.30. The van der Waals surface area contributed by atoms with Crippen molar-refractivity contribution in [1.82, 2.24) is 9.21 Å². The Morgan fingerprint density at radius 1 is 1.16 bits per heavy atom. The van der Waals surface area contributed by atoms with Crippen molar-refractivity contribution in [3.63, 3.8) is 0 Å². The molecular formula is C24H26F3N3O7S. The van der Waals surface area contributed by atoms with Crippen LogP contribution in [0.3, 0.4) is 0 Å². The molecule has 1 amide bonds. The van der Waals surface area contributed by atoms with E-state index in [1.54, 1.807) is 20.8 Å². The van der Waals surface area contributed by atoms with Crippen molar-refractivity contribution in [2.24, 2.45) is 0 Å². The first kappa shape index (κ1) is 29.0. The van der Waals surface area contributed by atoms with Crippen LogP contribution in [0.15, 0.2) is 41.3 Å². The molecule has 2 atom stereocenters. The quantitative estimate of drug-likeness (QED) is 0.291. The Morgan fingerprint density at radius 3 is 2.29 bits per heavy atom. The van der Waals surface area contributed by atoms with Crippen molar-refractivity contribution < 1.29 is 40.8 Å². The SMILES string of the molecule is C[C@H]1C(=O)N([C@@H](Cc2c(F)cc(F)cc2F)C(=O)OC(C)(C)C)CCN1S(=O)(=O)c1ccccc1[N+](=O)[O-].